The summed E-state index contributed by atoms with van der Waals surface area (Å²) in [5.74, 6) is -0.282. The highest BCUT2D eigenvalue weighted by Gasteiger charge is 2.26. The molecule has 4 rings (SSSR count). The SMILES string of the molecule is Cn1c(C(C#N)C(=O)COc2ccc(-c3ccccc3)cc2)nc2ccccc21. The highest BCUT2D eigenvalue weighted by molar-refractivity contribution is 5.90. The number of ketones is 1. The van der Waals surface area contributed by atoms with Crippen LogP contribution in [0.1, 0.15) is 11.7 Å². The number of nitrogens with zero attached hydrogens (tertiary/aromatic N) is 3. The fourth-order valence-electron chi connectivity index (χ4n) is 3.31. The number of fused-ring (bicyclic) bond motifs is 1. The Bertz CT molecular complexity index is 1190. The molecule has 5 heteroatoms. The van der Waals surface area contributed by atoms with E-state index in [2.05, 4.69) is 11.1 Å². The predicted octanol–water partition coefficient (Wildman–Crippen LogP) is 4.50. The van der Waals surface area contributed by atoms with E-state index >= 15 is 0 Å². The minimum absolute atomic E-state index is 0.188. The first-order valence-corrected chi connectivity index (χ1v) is 9.29. The second-order valence-electron chi connectivity index (χ2n) is 6.73. The van der Waals surface area contributed by atoms with Crippen molar-refractivity contribution in [1.82, 2.24) is 9.55 Å². The number of hydrogen-bond donors (Lipinski definition) is 0. The summed E-state index contributed by atoms with van der Waals surface area (Å²) >= 11 is 0. The fourth-order valence-corrected chi connectivity index (χ4v) is 3.31. The van der Waals surface area contributed by atoms with Gasteiger partial charge in [0.1, 0.15) is 18.2 Å². The van der Waals surface area contributed by atoms with Gasteiger partial charge in [-0.15, -0.1) is 0 Å². The molecule has 0 aliphatic rings. The van der Waals surface area contributed by atoms with Gasteiger partial charge in [-0.25, -0.2) is 4.98 Å². The molecule has 1 aromatic heterocycles. The van der Waals surface area contributed by atoms with Crippen LogP contribution < -0.4 is 4.74 Å². The van der Waals surface area contributed by atoms with Crippen LogP contribution in [0.5, 0.6) is 5.75 Å². The van der Waals surface area contributed by atoms with Gasteiger partial charge in [0.2, 0.25) is 0 Å². The molecule has 0 saturated heterocycles. The molecule has 5 nitrogen and oxygen atoms in total. The van der Waals surface area contributed by atoms with Crippen molar-refractivity contribution in [1.29, 1.82) is 5.26 Å². The zero-order valence-corrected chi connectivity index (χ0v) is 15.9. The number of para-hydroxylation sites is 2. The van der Waals surface area contributed by atoms with Crippen LogP contribution in [-0.4, -0.2) is 21.9 Å². The summed E-state index contributed by atoms with van der Waals surface area (Å²) in [7, 11) is 1.81. The van der Waals surface area contributed by atoms with Crippen LogP contribution in [0.4, 0.5) is 0 Å². The molecule has 0 aliphatic heterocycles. The second kappa shape index (κ2) is 7.99. The standard InChI is InChI=1S/C24H19N3O2/c1-27-22-10-6-5-9-21(22)26-24(27)20(15-25)23(28)16-29-19-13-11-18(12-14-19)17-7-3-2-4-8-17/h2-14,20H,16H2,1H3. The summed E-state index contributed by atoms with van der Waals surface area (Å²) in [5, 5.41) is 9.58. The van der Waals surface area contributed by atoms with Gasteiger partial charge in [0, 0.05) is 7.05 Å². The van der Waals surface area contributed by atoms with Crippen LogP contribution in [0.25, 0.3) is 22.2 Å². The van der Waals surface area contributed by atoms with E-state index in [0.717, 1.165) is 22.2 Å². The fraction of sp³-hybridized carbons (Fsp3) is 0.125. The first-order chi connectivity index (χ1) is 14.2. The van der Waals surface area contributed by atoms with Crippen molar-refractivity contribution in [2.45, 2.75) is 5.92 Å². The minimum atomic E-state index is -0.976. The molecule has 4 aromatic rings. The summed E-state index contributed by atoms with van der Waals surface area (Å²) in [5.41, 5.74) is 3.82. The molecule has 0 saturated carbocycles. The Hall–Kier alpha value is -3.91. The summed E-state index contributed by atoms with van der Waals surface area (Å²) < 4.78 is 7.43. The molecule has 0 N–H and O–H groups in total. The molecule has 1 heterocycles. The predicted molar refractivity (Wildman–Crippen MR) is 111 cm³/mol. The van der Waals surface area contributed by atoms with E-state index in [4.69, 9.17) is 4.74 Å². The molecule has 0 radical (unpaired) electrons. The van der Waals surface area contributed by atoms with Crippen molar-refractivity contribution in [3.8, 4) is 22.9 Å². The number of rotatable bonds is 6. The van der Waals surface area contributed by atoms with E-state index < -0.39 is 5.92 Å². The number of carbonyl (C=O) groups is 1. The highest BCUT2D eigenvalue weighted by Crippen LogP contribution is 2.24. The molecular weight excluding hydrogens is 362 g/mol. The monoisotopic (exact) mass is 381 g/mol. The Labute approximate surface area is 168 Å². The Morgan fingerprint density at radius 1 is 1.00 bits per heavy atom. The number of ether oxygens (including phenoxy) is 1. The average Bonchev–Trinajstić information content (AvgIpc) is 3.10. The van der Waals surface area contributed by atoms with E-state index in [1.807, 2.05) is 85.9 Å². The van der Waals surface area contributed by atoms with Crippen molar-refractivity contribution >= 4 is 16.8 Å². The largest absolute Gasteiger partial charge is 0.486 e. The van der Waals surface area contributed by atoms with Crippen LogP contribution in [0.3, 0.4) is 0 Å². The number of Topliss-reactive ketones (excluding diaryl/α,β-unsaturated/α-hetero) is 1. The third-order valence-corrected chi connectivity index (χ3v) is 4.87. The molecule has 3 aromatic carbocycles. The molecule has 0 aliphatic carbocycles. The van der Waals surface area contributed by atoms with Gasteiger partial charge >= 0.3 is 0 Å². The van der Waals surface area contributed by atoms with Gasteiger partial charge in [0.25, 0.3) is 0 Å². The lowest BCUT2D eigenvalue weighted by Gasteiger charge is -2.10. The molecule has 1 unspecified atom stereocenters. The Balaban J connectivity index is 1.47. The maximum Gasteiger partial charge on any atom is 0.194 e. The van der Waals surface area contributed by atoms with Crippen LogP contribution >= 0.6 is 0 Å². The van der Waals surface area contributed by atoms with Crippen molar-refractivity contribution in [2.75, 3.05) is 6.61 Å². The normalized spacial score (nSPS) is 11.7. The van der Waals surface area contributed by atoms with E-state index in [1.165, 1.54) is 0 Å². The van der Waals surface area contributed by atoms with Crippen molar-refractivity contribution < 1.29 is 9.53 Å². The van der Waals surface area contributed by atoms with Crippen LogP contribution in [0, 0.1) is 11.3 Å². The van der Waals surface area contributed by atoms with Gasteiger partial charge in [-0.2, -0.15) is 5.26 Å². The molecule has 0 amide bonds. The lowest BCUT2D eigenvalue weighted by molar-refractivity contribution is -0.121. The number of hydrogen-bond acceptors (Lipinski definition) is 4. The van der Waals surface area contributed by atoms with Gasteiger partial charge in [0.05, 0.1) is 17.1 Å². The third kappa shape index (κ3) is 3.74. The first kappa shape index (κ1) is 18.5. The number of nitriles is 1. The number of aryl methyl sites for hydroxylation is 1. The van der Waals surface area contributed by atoms with Gasteiger partial charge < -0.3 is 9.30 Å². The second-order valence-corrected chi connectivity index (χ2v) is 6.73. The smallest absolute Gasteiger partial charge is 0.194 e. The van der Waals surface area contributed by atoms with Crippen LogP contribution in [0.2, 0.25) is 0 Å². The Kier molecular flexibility index (Phi) is 5.08. The molecule has 0 bridgehead atoms. The van der Waals surface area contributed by atoms with Crippen molar-refractivity contribution in [2.24, 2.45) is 7.05 Å². The van der Waals surface area contributed by atoms with E-state index in [0.29, 0.717) is 11.6 Å². The summed E-state index contributed by atoms with van der Waals surface area (Å²) in [4.78, 5) is 17.1. The minimum Gasteiger partial charge on any atom is -0.486 e. The number of carbonyl (C=O) groups excluding carboxylic acids is 1. The molecule has 0 spiro atoms. The van der Waals surface area contributed by atoms with E-state index in [1.54, 1.807) is 4.57 Å². The highest BCUT2D eigenvalue weighted by atomic mass is 16.5. The number of imidazole rings is 1. The molecule has 1 atom stereocenters. The quantitative estimate of drug-likeness (QED) is 0.493. The maximum absolute atomic E-state index is 12.7. The van der Waals surface area contributed by atoms with Crippen molar-refractivity contribution in [3.63, 3.8) is 0 Å². The van der Waals surface area contributed by atoms with Gasteiger partial charge in [-0.1, -0.05) is 54.6 Å². The lowest BCUT2D eigenvalue weighted by Crippen LogP contribution is -2.21. The maximum atomic E-state index is 12.7. The third-order valence-electron chi connectivity index (χ3n) is 4.87. The van der Waals surface area contributed by atoms with Crippen LogP contribution in [-0.2, 0) is 11.8 Å². The zero-order valence-electron chi connectivity index (χ0n) is 15.9. The first-order valence-electron chi connectivity index (χ1n) is 9.29. The molecule has 0 fully saturated rings. The van der Waals surface area contributed by atoms with Gasteiger partial charge in [-0.05, 0) is 35.4 Å². The summed E-state index contributed by atoms with van der Waals surface area (Å²) in [6.45, 7) is -0.188. The zero-order chi connectivity index (χ0) is 20.2. The molecule has 142 valence electrons. The van der Waals surface area contributed by atoms with E-state index in [9.17, 15) is 10.1 Å². The van der Waals surface area contributed by atoms with Gasteiger partial charge in [0.15, 0.2) is 11.7 Å². The Morgan fingerprint density at radius 3 is 2.34 bits per heavy atom. The molecule has 29 heavy (non-hydrogen) atoms. The number of aromatic nitrogens is 2. The average molecular weight is 381 g/mol. The topological polar surface area (TPSA) is 67.9 Å². The van der Waals surface area contributed by atoms with E-state index in [-0.39, 0.29) is 12.4 Å². The van der Waals surface area contributed by atoms with Gasteiger partial charge in [-0.3, -0.25) is 4.79 Å². The summed E-state index contributed by atoms with van der Waals surface area (Å²) in [6.07, 6.45) is 0. The molecular formula is C24H19N3O2. The number of benzene rings is 3. The summed E-state index contributed by atoms with van der Waals surface area (Å²) in [6, 6.07) is 27.2. The lowest BCUT2D eigenvalue weighted by atomic mass is 10.1. The van der Waals surface area contributed by atoms with Crippen molar-refractivity contribution in [3.05, 3.63) is 84.7 Å². The Morgan fingerprint density at radius 2 is 1.66 bits per heavy atom. The van der Waals surface area contributed by atoms with Crippen LogP contribution in [0.15, 0.2) is 78.9 Å².